The third-order valence-corrected chi connectivity index (χ3v) is 1.68. The molecule has 0 fully saturated rings. The van der Waals surface area contributed by atoms with Gasteiger partial charge in [0, 0.05) is 0 Å². The molecule has 1 heterocycles. The highest BCUT2D eigenvalue weighted by Crippen LogP contribution is 2.14. The summed E-state index contributed by atoms with van der Waals surface area (Å²) in [4.78, 5) is 5.27. The maximum Gasteiger partial charge on any atom is 0.161 e. The second-order valence-electron chi connectivity index (χ2n) is 2.17. The van der Waals surface area contributed by atoms with E-state index in [4.69, 9.17) is 28.9 Å². The van der Waals surface area contributed by atoms with Crippen LogP contribution in [0.2, 0.25) is 0 Å². The first-order chi connectivity index (χ1) is 5.65. The van der Waals surface area contributed by atoms with Gasteiger partial charge in [0.1, 0.15) is 12.2 Å². The third-order valence-electron chi connectivity index (χ3n) is 1.27. The van der Waals surface area contributed by atoms with Crippen LogP contribution in [0, 0.1) is 0 Å². The van der Waals surface area contributed by atoms with Crippen molar-refractivity contribution in [3.8, 4) is 0 Å². The molecule has 0 aromatic carbocycles. The summed E-state index contributed by atoms with van der Waals surface area (Å²) in [5.74, 6) is 5.48. The van der Waals surface area contributed by atoms with Crippen LogP contribution in [0.15, 0.2) is 21.1 Å². The molecule has 0 saturated carbocycles. The fourth-order valence-corrected chi connectivity index (χ4v) is 0.945. The monoisotopic (exact) mass is 224 g/mol. The van der Waals surface area contributed by atoms with Crippen molar-refractivity contribution in [1.82, 2.24) is 4.90 Å². The average molecular weight is 225 g/mol. The van der Waals surface area contributed by atoms with Crippen LogP contribution in [0.4, 0.5) is 0 Å². The third kappa shape index (κ3) is 2.67. The Bertz CT molecular complexity index is 270. The Kier molecular flexibility index (Phi) is 4.36. The molecule has 0 atom stereocenters. The zero-order chi connectivity index (χ0) is 9.14. The topological polar surface area (TPSA) is 106 Å². The van der Waals surface area contributed by atoms with E-state index < -0.39 is 0 Å². The Morgan fingerprint density at radius 3 is 2.69 bits per heavy atom. The predicted molar refractivity (Wildman–Crippen MR) is 55.3 cm³/mol. The second-order valence-corrected chi connectivity index (χ2v) is 2.53. The van der Waals surface area contributed by atoms with E-state index in [1.807, 2.05) is 0 Å². The Morgan fingerprint density at radius 1 is 1.54 bits per heavy atom. The standard InChI is InChI=1S/C5H9ClN6.ClH/c6-4-5(8)11-3(7)1-12(4)2-10-9;/h2H,1,8-9H2,(H2,7,11);1H. The van der Waals surface area contributed by atoms with Crippen molar-refractivity contribution in [2.75, 3.05) is 6.54 Å². The van der Waals surface area contributed by atoms with E-state index in [0.29, 0.717) is 12.4 Å². The number of hydrogen-bond acceptors (Lipinski definition) is 5. The molecule has 6 nitrogen and oxygen atoms in total. The molecule has 13 heavy (non-hydrogen) atoms. The number of amidine groups is 1. The van der Waals surface area contributed by atoms with Gasteiger partial charge in [-0.3, -0.25) is 0 Å². The molecular formula is C5H10Cl2N6. The lowest BCUT2D eigenvalue weighted by Crippen LogP contribution is -2.36. The summed E-state index contributed by atoms with van der Waals surface area (Å²) in [7, 11) is 0. The first-order valence-corrected chi connectivity index (χ1v) is 3.51. The van der Waals surface area contributed by atoms with Crippen molar-refractivity contribution in [3.63, 3.8) is 0 Å². The molecule has 0 spiro atoms. The van der Waals surface area contributed by atoms with Crippen LogP contribution < -0.4 is 17.3 Å². The van der Waals surface area contributed by atoms with Crippen molar-refractivity contribution >= 4 is 36.2 Å². The number of hydrogen-bond donors (Lipinski definition) is 3. The van der Waals surface area contributed by atoms with Crippen LogP contribution >= 0.6 is 24.0 Å². The number of hydrazone groups is 1. The molecule has 0 radical (unpaired) electrons. The van der Waals surface area contributed by atoms with Crippen molar-refractivity contribution in [2.45, 2.75) is 0 Å². The van der Waals surface area contributed by atoms with E-state index in [1.54, 1.807) is 0 Å². The van der Waals surface area contributed by atoms with E-state index in [-0.39, 0.29) is 23.4 Å². The van der Waals surface area contributed by atoms with Gasteiger partial charge in [-0.05, 0) is 0 Å². The van der Waals surface area contributed by atoms with Crippen LogP contribution in [0.5, 0.6) is 0 Å². The highest BCUT2D eigenvalue weighted by molar-refractivity contribution is 6.30. The van der Waals surface area contributed by atoms with E-state index in [2.05, 4.69) is 10.1 Å². The summed E-state index contributed by atoms with van der Waals surface area (Å²) >= 11 is 5.75. The molecule has 0 amide bonds. The number of rotatable bonds is 1. The highest BCUT2D eigenvalue weighted by Gasteiger charge is 2.15. The number of aliphatic imine (C=N–C) groups is 1. The minimum Gasteiger partial charge on any atom is -0.386 e. The maximum atomic E-state index is 5.75. The van der Waals surface area contributed by atoms with Crippen molar-refractivity contribution in [3.05, 3.63) is 11.0 Å². The van der Waals surface area contributed by atoms with Crippen LogP contribution in [0.3, 0.4) is 0 Å². The first kappa shape index (κ1) is 11.9. The average Bonchev–Trinajstić information content (AvgIpc) is 2.00. The van der Waals surface area contributed by atoms with Gasteiger partial charge in [-0.2, -0.15) is 5.10 Å². The summed E-state index contributed by atoms with van der Waals surface area (Å²) in [6, 6.07) is 0. The zero-order valence-electron chi connectivity index (χ0n) is 6.64. The van der Waals surface area contributed by atoms with Gasteiger partial charge in [0.2, 0.25) is 0 Å². The van der Waals surface area contributed by atoms with Gasteiger partial charge in [-0.1, -0.05) is 11.6 Å². The molecular weight excluding hydrogens is 215 g/mol. The quantitative estimate of drug-likeness (QED) is 0.180. The van der Waals surface area contributed by atoms with E-state index >= 15 is 0 Å². The maximum absolute atomic E-state index is 5.75. The molecule has 0 saturated heterocycles. The molecule has 6 N–H and O–H groups in total. The summed E-state index contributed by atoms with van der Waals surface area (Å²) < 4.78 is 0. The van der Waals surface area contributed by atoms with Gasteiger partial charge in [0.05, 0.1) is 6.54 Å². The van der Waals surface area contributed by atoms with Crippen molar-refractivity contribution in [2.24, 2.45) is 27.4 Å². The molecule has 8 heteroatoms. The molecule has 1 aliphatic heterocycles. The molecule has 1 aliphatic rings. The molecule has 0 aromatic rings. The van der Waals surface area contributed by atoms with Crippen molar-refractivity contribution in [1.29, 1.82) is 0 Å². The predicted octanol–water partition coefficient (Wildman–Crippen LogP) is -0.693. The van der Waals surface area contributed by atoms with Crippen LogP contribution in [0.25, 0.3) is 0 Å². The summed E-state index contributed by atoms with van der Waals surface area (Å²) in [5, 5.41) is 3.57. The van der Waals surface area contributed by atoms with Crippen molar-refractivity contribution < 1.29 is 0 Å². The van der Waals surface area contributed by atoms with Crippen LogP contribution in [0.1, 0.15) is 0 Å². The van der Waals surface area contributed by atoms with Gasteiger partial charge in [-0.15, -0.1) is 12.4 Å². The van der Waals surface area contributed by atoms with E-state index in [1.165, 1.54) is 11.2 Å². The smallest absolute Gasteiger partial charge is 0.161 e. The van der Waals surface area contributed by atoms with Gasteiger partial charge < -0.3 is 22.2 Å². The molecule has 0 unspecified atom stereocenters. The summed E-state index contributed by atoms with van der Waals surface area (Å²) in [6.07, 6.45) is 1.33. The fourth-order valence-electron chi connectivity index (χ4n) is 0.799. The van der Waals surface area contributed by atoms with Gasteiger partial charge in [0.25, 0.3) is 0 Å². The Labute approximate surface area is 86.5 Å². The fraction of sp³-hybridized carbons (Fsp3) is 0.200. The lowest BCUT2D eigenvalue weighted by molar-refractivity contribution is 0.613. The van der Waals surface area contributed by atoms with Gasteiger partial charge >= 0.3 is 0 Å². The highest BCUT2D eigenvalue weighted by atomic mass is 35.5. The minimum atomic E-state index is 0. The van der Waals surface area contributed by atoms with Gasteiger partial charge in [-0.25, -0.2) is 4.99 Å². The first-order valence-electron chi connectivity index (χ1n) is 3.13. The summed E-state index contributed by atoms with van der Waals surface area (Å²) in [6.45, 7) is 0.347. The van der Waals surface area contributed by atoms with E-state index in [9.17, 15) is 0 Å². The largest absolute Gasteiger partial charge is 0.386 e. The normalized spacial score (nSPS) is 17.3. The summed E-state index contributed by atoms with van der Waals surface area (Å²) in [5.41, 5.74) is 10.9. The molecule has 0 aliphatic carbocycles. The number of nitrogens with two attached hydrogens (primary N) is 3. The SMILES string of the molecule is Cl.NN=CN1CC(N)=NC(N)=C1Cl. The molecule has 1 rings (SSSR count). The minimum absolute atomic E-state index is 0. The number of halogens is 2. The lowest BCUT2D eigenvalue weighted by atomic mass is 10.4. The van der Waals surface area contributed by atoms with Crippen LogP contribution in [-0.2, 0) is 0 Å². The second kappa shape index (κ2) is 4.78. The Hall–Kier alpha value is -1.14. The molecule has 0 aromatic heterocycles. The Balaban J connectivity index is 0.00000144. The van der Waals surface area contributed by atoms with E-state index in [0.717, 1.165) is 0 Å². The number of nitrogens with zero attached hydrogens (tertiary/aromatic N) is 3. The lowest BCUT2D eigenvalue weighted by Gasteiger charge is -2.21. The molecule has 74 valence electrons. The van der Waals surface area contributed by atoms with Crippen LogP contribution in [-0.4, -0.2) is 23.6 Å². The zero-order valence-corrected chi connectivity index (χ0v) is 8.22. The molecule has 0 bridgehead atoms. The Morgan fingerprint density at radius 2 is 2.15 bits per heavy atom. The van der Waals surface area contributed by atoms with Gasteiger partial charge in [0.15, 0.2) is 11.0 Å².